The number of hydrogen-bond donors (Lipinski definition) is 0. The Labute approximate surface area is 136 Å². The van der Waals surface area contributed by atoms with Crippen molar-refractivity contribution < 1.29 is 4.74 Å². The van der Waals surface area contributed by atoms with Crippen molar-refractivity contribution in [2.75, 3.05) is 13.2 Å². The molecular formula is C21H17NO. The molecule has 0 amide bonds. The SMILES string of the molecule is N#C/C1=C/c2ccccc2/C=C2/COC[C@H]2[C@@H]1c1ccccc1. The largest absolute Gasteiger partial charge is 0.376 e. The maximum Gasteiger partial charge on any atom is 0.0954 e. The van der Waals surface area contributed by atoms with Crippen molar-refractivity contribution in [3.63, 3.8) is 0 Å². The topological polar surface area (TPSA) is 33.0 Å². The highest BCUT2D eigenvalue weighted by Crippen LogP contribution is 2.42. The molecule has 0 bridgehead atoms. The molecule has 0 radical (unpaired) electrons. The van der Waals surface area contributed by atoms with Crippen LogP contribution in [0.25, 0.3) is 12.2 Å². The lowest BCUT2D eigenvalue weighted by Gasteiger charge is -2.25. The van der Waals surface area contributed by atoms with Gasteiger partial charge in [0.1, 0.15) is 0 Å². The highest BCUT2D eigenvalue weighted by atomic mass is 16.5. The minimum Gasteiger partial charge on any atom is -0.376 e. The summed E-state index contributed by atoms with van der Waals surface area (Å²) < 4.78 is 5.76. The third kappa shape index (κ3) is 2.50. The highest BCUT2D eigenvalue weighted by molar-refractivity contribution is 5.72. The predicted molar refractivity (Wildman–Crippen MR) is 91.5 cm³/mol. The number of fused-ring (bicyclic) bond motifs is 2. The number of allylic oxidation sites excluding steroid dienone is 1. The maximum atomic E-state index is 9.81. The number of nitriles is 1. The van der Waals surface area contributed by atoms with Crippen molar-refractivity contribution in [2.45, 2.75) is 5.92 Å². The summed E-state index contributed by atoms with van der Waals surface area (Å²) in [7, 11) is 0. The third-order valence-corrected chi connectivity index (χ3v) is 4.72. The quantitative estimate of drug-likeness (QED) is 0.781. The molecule has 2 atom stereocenters. The average molecular weight is 299 g/mol. The molecule has 1 aliphatic heterocycles. The Morgan fingerprint density at radius 2 is 1.61 bits per heavy atom. The standard InChI is InChI=1S/C21H17NO/c22-12-18-10-16-8-4-5-9-17(16)11-19-13-23-14-20(19)21(18)15-6-2-1-3-7-15/h1-11,20-21H,13-14H2/b18-10-,19-11-/t20-,21-/m1/s1. The summed E-state index contributed by atoms with van der Waals surface area (Å²) in [6.45, 7) is 1.33. The van der Waals surface area contributed by atoms with Gasteiger partial charge in [-0.05, 0) is 28.3 Å². The second-order valence-electron chi connectivity index (χ2n) is 6.07. The van der Waals surface area contributed by atoms with Crippen LogP contribution in [0.4, 0.5) is 0 Å². The fraction of sp³-hybridized carbons (Fsp3) is 0.190. The zero-order chi connectivity index (χ0) is 15.6. The van der Waals surface area contributed by atoms with E-state index in [4.69, 9.17) is 4.74 Å². The summed E-state index contributed by atoms with van der Waals surface area (Å²) in [5.41, 5.74) is 5.54. The van der Waals surface area contributed by atoms with Gasteiger partial charge in [-0.15, -0.1) is 0 Å². The lowest BCUT2D eigenvalue weighted by atomic mass is 9.76. The molecule has 0 aromatic heterocycles. The van der Waals surface area contributed by atoms with Crippen molar-refractivity contribution in [1.82, 2.24) is 0 Å². The smallest absolute Gasteiger partial charge is 0.0954 e. The molecule has 1 heterocycles. The van der Waals surface area contributed by atoms with Crippen molar-refractivity contribution in [2.24, 2.45) is 5.92 Å². The van der Waals surface area contributed by atoms with Crippen LogP contribution in [0.15, 0.2) is 65.7 Å². The summed E-state index contributed by atoms with van der Waals surface area (Å²) in [6, 6.07) is 21.0. The average Bonchev–Trinajstić information content (AvgIpc) is 3.02. The zero-order valence-corrected chi connectivity index (χ0v) is 12.8. The molecule has 1 saturated heterocycles. The van der Waals surface area contributed by atoms with Gasteiger partial charge in [0, 0.05) is 17.4 Å². The summed E-state index contributed by atoms with van der Waals surface area (Å²) in [4.78, 5) is 0. The van der Waals surface area contributed by atoms with Crippen LogP contribution in [0.1, 0.15) is 22.6 Å². The molecule has 0 unspecified atom stereocenters. The van der Waals surface area contributed by atoms with E-state index in [1.54, 1.807) is 0 Å². The first-order chi connectivity index (χ1) is 11.4. The Hall–Kier alpha value is -2.63. The Morgan fingerprint density at radius 3 is 2.35 bits per heavy atom. The van der Waals surface area contributed by atoms with Crippen molar-refractivity contribution in [3.05, 3.63) is 82.4 Å². The molecule has 0 spiro atoms. The third-order valence-electron chi connectivity index (χ3n) is 4.72. The molecule has 2 heteroatoms. The van der Waals surface area contributed by atoms with Crippen LogP contribution in [0.2, 0.25) is 0 Å². The fourth-order valence-electron chi connectivity index (χ4n) is 3.60. The number of hydrogen-bond acceptors (Lipinski definition) is 2. The molecule has 0 N–H and O–H groups in total. The van der Waals surface area contributed by atoms with Gasteiger partial charge in [0.2, 0.25) is 0 Å². The molecule has 4 rings (SSSR count). The first-order valence-electron chi connectivity index (χ1n) is 7.90. The molecule has 112 valence electrons. The number of ether oxygens (including phenoxy) is 1. The lowest BCUT2D eigenvalue weighted by Crippen LogP contribution is -2.18. The molecule has 0 saturated carbocycles. The van der Waals surface area contributed by atoms with Crippen molar-refractivity contribution >= 4 is 12.2 Å². The van der Waals surface area contributed by atoms with Crippen LogP contribution in [-0.4, -0.2) is 13.2 Å². The van der Waals surface area contributed by atoms with Crippen molar-refractivity contribution in [1.29, 1.82) is 5.26 Å². The molecule has 1 aliphatic carbocycles. The Kier molecular flexibility index (Phi) is 3.57. The Bertz CT molecular complexity index is 826. The fourth-order valence-corrected chi connectivity index (χ4v) is 3.60. The van der Waals surface area contributed by atoms with Crippen LogP contribution in [-0.2, 0) is 4.74 Å². The van der Waals surface area contributed by atoms with Crippen LogP contribution in [0, 0.1) is 17.2 Å². The number of nitrogens with zero attached hydrogens (tertiary/aromatic N) is 1. The van der Waals surface area contributed by atoms with Crippen LogP contribution < -0.4 is 0 Å². The van der Waals surface area contributed by atoms with Gasteiger partial charge in [-0.1, -0.05) is 60.7 Å². The van der Waals surface area contributed by atoms with Gasteiger partial charge in [0.25, 0.3) is 0 Å². The lowest BCUT2D eigenvalue weighted by molar-refractivity contribution is 0.185. The Balaban J connectivity index is 1.94. The molecule has 2 aliphatic rings. The Morgan fingerprint density at radius 1 is 0.913 bits per heavy atom. The second kappa shape index (κ2) is 5.87. The summed E-state index contributed by atoms with van der Waals surface area (Å²) in [5.74, 6) is 0.292. The van der Waals surface area contributed by atoms with E-state index in [0.29, 0.717) is 13.2 Å². The molecule has 2 aromatic carbocycles. The molecule has 1 fully saturated rings. The van der Waals surface area contributed by atoms with E-state index >= 15 is 0 Å². The normalized spacial score (nSPS) is 27.3. The maximum absolute atomic E-state index is 9.81. The minimum absolute atomic E-state index is 0.0586. The number of rotatable bonds is 1. The van der Waals surface area contributed by atoms with E-state index < -0.39 is 0 Å². The van der Waals surface area contributed by atoms with E-state index in [-0.39, 0.29) is 11.8 Å². The molecule has 2 aromatic rings. The van der Waals surface area contributed by atoms with E-state index in [9.17, 15) is 5.26 Å². The van der Waals surface area contributed by atoms with Crippen LogP contribution >= 0.6 is 0 Å². The molecule has 23 heavy (non-hydrogen) atoms. The zero-order valence-electron chi connectivity index (χ0n) is 12.8. The van der Waals surface area contributed by atoms with Gasteiger partial charge in [0.15, 0.2) is 0 Å². The van der Waals surface area contributed by atoms with Crippen LogP contribution in [0.3, 0.4) is 0 Å². The highest BCUT2D eigenvalue weighted by Gasteiger charge is 2.34. The molecular weight excluding hydrogens is 282 g/mol. The van der Waals surface area contributed by atoms with Gasteiger partial charge in [-0.2, -0.15) is 5.26 Å². The molecule has 2 nitrogen and oxygen atoms in total. The van der Waals surface area contributed by atoms with Crippen molar-refractivity contribution in [3.8, 4) is 6.07 Å². The number of benzene rings is 2. The van der Waals surface area contributed by atoms with Gasteiger partial charge >= 0.3 is 0 Å². The first-order valence-corrected chi connectivity index (χ1v) is 7.90. The van der Waals surface area contributed by atoms with Gasteiger partial charge in [0.05, 0.1) is 19.3 Å². The summed E-state index contributed by atoms with van der Waals surface area (Å²) in [6.07, 6.45) is 4.28. The minimum atomic E-state index is 0.0586. The van der Waals surface area contributed by atoms with E-state index in [0.717, 1.165) is 16.7 Å². The predicted octanol–water partition coefficient (Wildman–Crippen LogP) is 4.42. The van der Waals surface area contributed by atoms with E-state index in [2.05, 4.69) is 36.4 Å². The second-order valence-corrected chi connectivity index (χ2v) is 6.07. The van der Waals surface area contributed by atoms with Gasteiger partial charge in [-0.25, -0.2) is 0 Å². The van der Waals surface area contributed by atoms with Gasteiger partial charge in [-0.3, -0.25) is 0 Å². The van der Waals surface area contributed by atoms with E-state index in [1.807, 2.05) is 36.4 Å². The monoisotopic (exact) mass is 299 g/mol. The van der Waals surface area contributed by atoms with E-state index in [1.165, 1.54) is 11.1 Å². The first kappa shape index (κ1) is 14.0. The van der Waals surface area contributed by atoms with Crippen LogP contribution in [0.5, 0.6) is 0 Å². The summed E-state index contributed by atoms with van der Waals surface area (Å²) >= 11 is 0. The summed E-state index contributed by atoms with van der Waals surface area (Å²) in [5, 5.41) is 9.81. The van der Waals surface area contributed by atoms with Gasteiger partial charge < -0.3 is 4.74 Å².